The topological polar surface area (TPSA) is 97.5 Å². The number of benzene rings is 2. The Morgan fingerprint density at radius 2 is 2.00 bits per heavy atom. The molecular weight excluding hydrogens is 484 g/mol. The molecule has 2 aromatic heterocycles. The summed E-state index contributed by atoms with van der Waals surface area (Å²) >= 11 is 7.33. The average molecular weight is 507 g/mol. The van der Waals surface area contributed by atoms with Gasteiger partial charge in [0, 0.05) is 42.2 Å². The van der Waals surface area contributed by atoms with Crippen LogP contribution in [0.15, 0.2) is 54.6 Å². The van der Waals surface area contributed by atoms with Crippen LogP contribution in [0.2, 0.25) is 5.02 Å². The minimum Gasteiger partial charge on any atom is -0.465 e. The Kier molecular flexibility index (Phi) is 6.42. The monoisotopic (exact) mass is 506 g/mol. The third-order valence-electron chi connectivity index (χ3n) is 6.04. The number of fused-ring (bicyclic) bond motifs is 2. The number of methoxy groups -OCH3 is 1. The van der Waals surface area contributed by atoms with Crippen LogP contribution in [0.3, 0.4) is 0 Å². The normalized spacial score (nSPS) is 13.4. The number of ether oxygens (including phenoxy) is 1. The van der Waals surface area contributed by atoms with Crippen LogP contribution >= 0.6 is 22.9 Å². The zero-order valence-corrected chi connectivity index (χ0v) is 20.6. The number of anilines is 2. The van der Waals surface area contributed by atoms with Crippen molar-refractivity contribution in [2.45, 2.75) is 19.5 Å². The van der Waals surface area contributed by atoms with Gasteiger partial charge in [0.15, 0.2) is 0 Å². The number of carbonyl (C=O) groups excluding carboxylic acids is 2. The van der Waals surface area contributed by atoms with E-state index in [2.05, 4.69) is 40.5 Å². The Balaban J connectivity index is 1.41. The van der Waals surface area contributed by atoms with Crippen molar-refractivity contribution in [3.63, 3.8) is 0 Å². The van der Waals surface area contributed by atoms with Crippen LogP contribution in [0, 0.1) is 0 Å². The van der Waals surface area contributed by atoms with E-state index >= 15 is 0 Å². The summed E-state index contributed by atoms with van der Waals surface area (Å²) in [5.74, 6) is -1.00. The fraction of sp³-hybridized carbons (Fsp3) is 0.192. The zero-order chi connectivity index (χ0) is 24.5. The molecule has 0 fully saturated rings. The number of esters is 1. The molecule has 1 aliphatic rings. The van der Waals surface area contributed by atoms with E-state index in [1.54, 1.807) is 6.07 Å². The first-order valence-corrected chi connectivity index (χ1v) is 12.3. The van der Waals surface area contributed by atoms with Gasteiger partial charge < -0.3 is 15.8 Å². The number of pyridine rings is 1. The molecule has 5 rings (SSSR count). The molecule has 0 bridgehead atoms. The lowest BCUT2D eigenvalue weighted by Gasteiger charge is -2.28. The molecule has 3 N–H and O–H groups in total. The fourth-order valence-electron chi connectivity index (χ4n) is 4.29. The quantitative estimate of drug-likeness (QED) is 0.364. The highest BCUT2D eigenvalue weighted by Crippen LogP contribution is 2.36. The van der Waals surface area contributed by atoms with Gasteiger partial charge in [-0.2, -0.15) is 0 Å². The number of nitrogen functional groups attached to an aromatic ring is 1. The number of nitrogens with one attached hydrogen (secondary N) is 1. The molecule has 1 amide bonds. The van der Waals surface area contributed by atoms with E-state index in [0.29, 0.717) is 15.6 Å². The van der Waals surface area contributed by atoms with E-state index in [0.717, 1.165) is 47.5 Å². The van der Waals surface area contributed by atoms with Gasteiger partial charge in [0.2, 0.25) is 0 Å². The molecule has 3 heterocycles. The van der Waals surface area contributed by atoms with Crippen molar-refractivity contribution < 1.29 is 14.3 Å². The predicted molar refractivity (Wildman–Crippen MR) is 139 cm³/mol. The van der Waals surface area contributed by atoms with E-state index in [4.69, 9.17) is 27.1 Å². The molecule has 0 spiro atoms. The Labute approximate surface area is 211 Å². The number of aromatic nitrogens is 1. The SMILES string of the molecule is COC(=O)c1ccc(Cl)cc1NC(=O)c1sc2nc3c(cc2c1N)CN(Cc1ccccc1)CC3. The number of carbonyl (C=O) groups is 2. The second-order valence-electron chi connectivity index (χ2n) is 8.37. The Morgan fingerprint density at radius 3 is 2.77 bits per heavy atom. The van der Waals surface area contributed by atoms with E-state index in [1.165, 1.54) is 36.1 Å². The molecule has 0 unspecified atom stereocenters. The molecule has 0 atom stereocenters. The first-order chi connectivity index (χ1) is 16.9. The summed E-state index contributed by atoms with van der Waals surface area (Å²) in [6.45, 7) is 2.56. The number of amides is 1. The third kappa shape index (κ3) is 4.73. The van der Waals surface area contributed by atoms with Crippen LogP contribution < -0.4 is 11.1 Å². The van der Waals surface area contributed by atoms with Gasteiger partial charge in [0.25, 0.3) is 5.91 Å². The lowest BCUT2D eigenvalue weighted by molar-refractivity contribution is 0.0602. The number of thiophene rings is 1. The summed E-state index contributed by atoms with van der Waals surface area (Å²) < 4.78 is 4.81. The summed E-state index contributed by atoms with van der Waals surface area (Å²) in [7, 11) is 1.28. The second kappa shape index (κ2) is 9.65. The number of hydrogen-bond donors (Lipinski definition) is 2. The summed E-state index contributed by atoms with van der Waals surface area (Å²) in [6.07, 6.45) is 0.836. The molecule has 1 aliphatic heterocycles. The molecule has 0 radical (unpaired) electrons. The molecule has 9 heteroatoms. The average Bonchev–Trinajstić information content (AvgIpc) is 3.18. The van der Waals surface area contributed by atoms with Crippen LogP contribution in [0.25, 0.3) is 10.2 Å². The summed E-state index contributed by atoms with van der Waals surface area (Å²) in [5.41, 5.74) is 10.7. The fourth-order valence-corrected chi connectivity index (χ4v) is 5.45. The Bertz CT molecular complexity index is 1440. The van der Waals surface area contributed by atoms with E-state index in [9.17, 15) is 9.59 Å². The highest BCUT2D eigenvalue weighted by Gasteiger charge is 2.24. The van der Waals surface area contributed by atoms with E-state index in [1.807, 2.05) is 6.07 Å². The number of nitrogens with zero attached hydrogens (tertiary/aromatic N) is 2. The van der Waals surface area contributed by atoms with E-state index < -0.39 is 11.9 Å². The van der Waals surface area contributed by atoms with Crippen LogP contribution in [-0.2, 0) is 24.2 Å². The van der Waals surface area contributed by atoms with E-state index in [-0.39, 0.29) is 11.3 Å². The first-order valence-electron chi connectivity index (χ1n) is 11.1. The lowest BCUT2D eigenvalue weighted by Crippen LogP contribution is -2.30. The van der Waals surface area contributed by atoms with Crippen LogP contribution in [-0.4, -0.2) is 35.4 Å². The number of rotatable bonds is 5. The largest absolute Gasteiger partial charge is 0.465 e. The summed E-state index contributed by atoms with van der Waals surface area (Å²) in [5, 5.41) is 3.90. The summed E-state index contributed by atoms with van der Waals surface area (Å²) in [6, 6.07) is 17.0. The van der Waals surface area contributed by atoms with Crippen molar-refractivity contribution in [2.75, 3.05) is 24.7 Å². The van der Waals surface area contributed by atoms with Gasteiger partial charge in [-0.05, 0) is 35.4 Å². The lowest BCUT2D eigenvalue weighted by atomic mass is 10.0. The molecule has 0 saturated carbocycles. The van der Waals surface area contributed by atoms with Crippen LogP contribution in [0.5, 0.6) is 0 Å². The van der Waals surface area contributed by atoms with Crippen molar-refractivity contribution in [3.05, 3.63) is 86.9 Å². The Morgan fingerprint density at radius 1 is 1.20 bits per heavy atom. The Hall–Kier alpha value is -3.46. The smallest absolute Gasteiger partial charge is 0.339 e. The van der Waals surface area contributed by atoms with Crippen molar-refractivity contribution in [3.8, 4) is 0 Å². The van der Waals surface area contributed by atoms with Gasteiger partial charge in [-0.15, -0.1) is 11.3 Å². The minimum absolute atomic E-state index is 0.206. The number of hydrogen-bond acceptors (Lipinski definition) is 7. The van der Waals surface area contributed by atoms with Gasteiger partial charge in [0.05, 0.1) is 24.0 Å². The maximum atomic E-state index is 13.1. The van der Waals surface area contributed by atoms with Crippen LogP contribution in [0.1, 0.15) is 36.9 Å². The van der Waals surface area contributed by atoms with Crippen molar-refractivity contribution in [2.24, 2.45) is 0 Å². The minimum atomic E-state index is -0.573. The van der Waals surface area contributed by atoms with Crippen molar-refractivity contribution >= 4 is 56.4 Å². The second-order valence-corrected chi connectivity index (χ2v) is 9.81. The summed E-state index contributed by atoms with van der Waals surface area (Å²) in [4.78, 5) is 33.5. The van der Waals surface area contributed by atoms with Gasteiger partial charge in [-0.3, -0.25) is 9.69 Å². The van der Waals surface area contributed by atoms with Gasteiger partial charge >= 0.3 is 5.97 Å². The molecule has 2 aromatic carbocycles. The third-order valence-corrected chi connectivity index (χ3v) is 7.39. The highest BCUT2D eigenvalue weighted by molar-refractivity contribution is 7.21. The molecule has 0 aliphatic carbocycles. The maximum absolute atomic E-state index is 13.1. The van der Waals surface area contributed by atoms with Crippen LogP contribution in [0.4, 0.5) is 11.4 Å². The highest BCUT2D eigenvalue weighted by atomic mass is 35.5. The predicted octanol–water partition coefficient (Wildman–Crippen LogP) is 5.13. The molecule has 4 aromatic rings. The zero-order valence-electron chi connectivity index (χ0n) is 19.0. The molecule has 178 valence electrons. The molecular formula is C26H23ClN4O3S. The van der Waals surface area contributed by atoms with Crippen molar-refractivity contribution in [1.82, 2.24) is 9.88 Å². The number of nitrogens with two attached hydrogens (primary N) is 1. The molecule has 0 saturated heterocycles. The van der Waals surface area contributed by atoms with Crippen molar-refractivity contribution in [1.29, 1.82) is 0 Å². The van der Waals surface area contributed by atoms with Gasteiger partial charge in [0.1, 0.15) is 9.71 Å². The standard InChI is InChI=1S/C26H23ClN4O3S/c1-34-26(33)18-8-7-17(27)12-21(18)29-24(32)23-22(28)19-11-16-14-31(13-15-5-3-2-4-6-15)10-9-20(16)30-25(19)35-23/h2-8,11-12H,9-10,13-14,28H2,1H3,(H,29,32). The molecule has 7 nitrogen and oxygen atoms in total. The maximum Gasteiger partial charge on any atom is 0.339 e. The first kappa shape index (κ1) is 23.3. The van der Waals surface area contributed by atoms with Gasteiger partial charge in [-0.25, -0.2) is 9.78 Å². The van der Waals surface area contributed by atoms with Gasteiger partial charge in [-0.1, -0.05) is 41.9 Å². The number of halogens is 1. The molecule has 35 heavy (non-hydrogen) atoms.